The standard InChI is InChI=1S/C10H18N4O/c1-8-11-10(13-12-8)9-3-4-14(7-9)5-6-15-2/h9H,3-7H2,1-2H3,(H,11,12,13). The maximum Gasteiger partial charge on any atom is 0.155 e. The van der Waals surface area contributed by atoms with Crippen molar-refractivity contribution in [3.8, 4) is 0 Å². The summed E-state index contributed by atoms with van der Waals surface area (Å²) < 4.78 is 5.07. The van der Waals surface area contributed by atoms with Crippen molar-refractivity contribution in [3.05, 3.63) is 11.6 Å². The van der Waals surface area contributed by atoms with Crippen LogP contribution in [-0.4, -0.2) is 53.4 Å². The lowest BCUT2D eigenvalue weighted by Gasteiger charge is -2.13. The van der Waals surface area contributed by atoms with Crippen molar-refractivity contribution in [1.29, 1.82) is 0 Å². The Morgan fingerprint density at radius 1 is 1.60 bits per heavy atom. The highest BCUT2D eigenvalue weighted by Gasteiger charge is 2.26. The van der Waals surface area contributed by atoms with Gasteiger partial charge in [-0.05, 0) is 19.9 Å². The lowest BCUT2D eigenvalue weighted by atomic mass is 10.1. The van der Waals surface area contributed by atoms with Crippen LogP contribution in [0.1, 0.15) is 24.0 Å². The number of aryl methyl sites for hydroxylation is 1. The lowest BCUT2D eigenvalue weighted by molar-refractivity contribution is 0.160. The highest BCUT2D eigenvalue weighted by molar-refractivity contribution is 5.01. The molecule has 0 spiro atoms. The van der Waals surface area contributed by atoms with Crippen LogP contribution >= 0.6 is 0 Å². The van der Waals surface area contributed by atoms with E-state index < -0.39 is 0 Å². The SMILES string of the molecule is COCCN1CCC(c2n[nH]c(C)n2)C1. The summed E-state index contributed by atoms with van der Waals surface area (Å²) in [5.41, 5.74) is 0. The number of rotatable bonds is 4. The number of methoxy groups -OCH3 is 1. The summed E-state index contributed by atoms with van der Waals surface area (Å²) in [6.07, 6.45) is 1.15. The summed E-state index contributed by atoms with van der Waals surface area (Å²) >= 11 is 0. The van der Waals surface area contributed by atoms with Crippen molar-refractivity contribution < 1.29 is 4.74 Å². The molecule has 2 heterocycles. The van der Waals surface area contributed by atoms with Gasteiger partial charge in [0.25, 0.3) is 0 Å². The van der Waals surface area contributed by atoms with Gasteiger partial charge in [-0.1, -0.05) is 0 Å². The highest BCUT2D eigenvalue weighted by Crippen LogP contribution is 2.23. The smallest absolute Gasteiger partial charge is 0.155 e. The summed E-state index contributed by atoms with van der Waals surface area (Å²) in [6, 6.07) is 0. The van der Waals surface area contributed by atoms with E-state index in [4.69, 9.17) is 4.74 Å². The van der Waals surface area contributed by atoms with Gasteiger partial charge in [-0.3, -0.25) is 5.10 Å². The third kappa shape index (κ3) is 2.54. The number of hydrogen-bond acceptors (Lipinski definition) is 4. The van der Waals surface area contributed by atoms with E-state index in [2.05, 4.69) is 20.1 Å². The average molecular weight is 210 g/mol. The monoisotopic (exact) mass is 210 g/mol. The van der Waals surface area contributed by atoms with E-state index in [1.54, 1.807) is 7.11 Å². The van der Waals surface area contributed by atoms with Crippen LogP contribution < -0.4 is 0 Å². The second kappa shape index (κ2) is 4.72. The Morgan fingerprint density at radius 3 is 3.13 bits per heavy atom. The van der Waals surface area contributed by atoms with E-state index in [0.29, 0.717) is 5.92 Å². The molecule has 0 amide bonds. The molecule has 84 valence electrons. The molecule has 1 fully saturated rings. The molecule has 15 heavy (non-hydrogen) atoms. The van der Waals surface area contributed by atoms with Crippen LogP contribution in [0.3, 0.4) is 0 Å². The molecule has 0 bridgehead atoms. The third-order valence-electron chi connectivity index (χ3n) is 2.86. The van der Waals surface area contributed by atoms with Gasteiger partial charge in [0, 0.05) is 26.1 Å². The molecular formula is C10H18N4O. The zero-order chi connectivity index (χ0) is 10.7. The van der Waals surface area contributed by atoms with Gasteiger partial charge in [0.1, 0.15) is 5.82 Å². The Labute approximate surface area is 89.8 Å². The first-order chi connectivity index (χ1) is 7.29. The largest absolute Gasteiger partial charge is 0.383 e. The molecule has 1 atom stereocenters. The first-order valence-electron chi connectivity index (χ1n) is 5.40. The number of nitrogens with one attached hydrogen (secondary N) is 1. The number of ether oxygens (including phenoxy) is 1. The zero-order valence-corrected chi connectivity index (χ0v) is 9.36. The van der Waals surface area contributed by atoms with Crippen molar-refractivity contribution in [2.45, 2.75) is 19.3 Å². The first kappa shape index (κ1) is 10.6. The molecule has 0 aliphatic carbocycles. The van der Waals surface area contributed by atoms with Crippen LogP contribution in [0.4, 0.5) is 0 Å². The molecule has 5 nitrogen and oxygen atoms in total. The van der Waals surface area contributed by atoms with Crippen LogP contribution in [-0.2, 0) is 4.74 Å². The second-order valence-electron chi connectivity index (χ2n) is 4.06. The summed E-state index contributed by atoms with van der Waals surface area (Å²) in [5, 5.41) is 7.12. The van der Waals surface area contributed by atoms with Crippen LogP contribution in [0.15, 0.2) is 0 Å². The van der Waals surface area contributed by atoms with Gasteiger partial charge in [-0.2, -0.15) is 5.10 Å². The van der Waals surface area contributed by atoms with Gasteiger partial charge < -0.3 is 9.64 Å². The number of hydrogen-bond donors (Lipinski definition) is 1. The van der Waals surface area contributed by atoms with Gasteiger partial charge in [0.2, 0.25) is 0 Å². The Hall–Kier alpha value is -0.940. The summed E-state index contributed by atoms with van der Waals surface area (Å²) in [6.45, 7) is 5.94. The summed E-state index contributed by atoms with van der Waals surface area (Å²) in [5.74, 6) is 2.36. The molecule has 0 saturated carbocycles. The fourth-order valence-corrected chi connectivity index (χ4v) is 2.01. The molecule has 0 aromatic carbocycles. The number of likely N-dealkylation sites (tertiary alicyclic amines) is 1. The Balaban J connectivity index is 1.87. The quantitative estimate of drug-likeness (QED) is 0.788. The minimum Gasteiger partial charge on any atom is -0.383 e. The van der Waals surface area contributed by atoms with Gasteiger partial charge in [0.05, 0.1) is 6.61 Å². The molecule has 1 unspecified atom stereocenters. The van der Waals surface area contributed by atoms with Crippen molar-refractivity contribution in [3.63, 3.8) is 0 Å². The van der Waals surface area contributed by atoms with E-state index in [9.17, 15) is 0 Å². The van der Waals surface area contributed by atoms with Crippen molar-refractivity contribution >= 4 is 0 Å². The Kier molecular flexibility index (Phi) is 3.33. The Morgan fingerprint density at radius 2 is 2.47 bits per heavy atom. The van der Waals surface area contributed by atoms with E-state index >= 15 is 0 Å². The third-order valence-corrected chi connectivity index (χ3v) is 2.86. The maximum absolute atomic E-state index is 5.07. The Bertz CT molecular complexity index is 312. The van der Waals surface area contributed by atoms with E-state index in [1.807, 2.05) is 6.92 Å². The minimum absolute atomic E-state index is 0.492. The molecule has 5 heteroatoms. The molecule has 1 aliphatic rings. The number of aromatic amines is 1. The molecule has 1 saturated heterocycles. The summed E-state index contributed by atoms with van der Waals surface area (Å²) in [7, 11) is 1.74. The molecule has 0 radical (unpaired) electrons. The van der Waals surface area contributed by atoms with Crippen LogP contribution in [0.25, 0.3) is 0 Å². The van der Waals surface area contributed by atoms with Crippen molar-refractivity contribution in [1.82, 2.24) is 20.1 Å². The summed E-state index contributed by atoms with van der Waals surface area (Å²) in [4.78, 5) is 6.79. The van der Waals surface area contributed by atoms with Gasteiger partial charge in [0.15, 0.2) is 5.82 Å². The number of aromatic nitrogens is 3. The molecule has 1 aliphatic heterocycles. The molecular weight excluding hydrogens is 192 g/mol. The predicted molar refractivity (Wildman–Crippen MR) is 56.8 cm³/mol. The second-order valence-corrected chi connectivity index (χ2v) is 4.06. The van der Waals surface area contributed by atoms with Crippen molar-refractivity contribution in [2.24, 2.45) is 0 Å². The van der Waals surface area contributed by atoms with Gasteiger partial charge >= 0.3 is 0 Å². The van der Waals surface area contributed by atoms with Crippen LogP contribution in [0.5, 0.6) is 0 Å². The van der Waals surface area contributed by atoms with Gasteiger partial charge in [-0.15, -0.1) is 0 Å². The topological polar surface area (TPSA) is 54.0 Å². The van der Waals surface area contributed by atoms with E-state index in [-0.39, 0.29) is 0 Å². The van der Waals surface area contributed by atoms with E-state index in [0.717, 1.165) is 44.3 Å². The van der Waals surface area contributed by atoms with Gasteiger partial charge in [-0.25, -0.2) is 4.98 Å². The molecule has 2 rings (SSSR count). The lowest BCUT2D eigenvalue weighted by Crippen LogP contribution is -2.24. The van der Waals surface area contributed by atoms with E-state index in [1.165, 1.54) is 0 Å². The molecule has 1 aromatic heterocycles. The number of H-pyrrole nitrogens is 1. The zero-order valence-electron chi connectivity index (χ0n) is 9.36. The fraction of sp³-hybridized carbons (Fsp3) is 0.800. The normalized spacial score (nSPS) is 22.4. The fourth-order valence-electron chi connectivity index (χ4n) is 2.01. The predicted octanol–water partition coefficient (Wildman–Crippen LogP) is 0.549. The number of nitrogens with zero attached hydrogens (tertiary/aromatic N) is 3. The van der Waals surface area contributed by atoms with Crippen LogP contribution in [0.2, 0.25) is 0 Å². The molecule has 1 aromatic rings. The van der Waals surface area contributed by atoms with Crippen molar-refractivity contribution in [2.75, 3.05) is 33.4 Å². The molecule has 1 N–H and O–H groups in total. The maximum atomic E-state index is 5.07. The average Bonchev–Trinajstić information content (AvgIpc) is 2.83. The van der Waals surface area contributed by atoms with Crippen LogP contribution in [0, 0.1) is 6.92 Å². The minimum atomic E-state index is 0.492. The first-order valence-corrected chi connectivity index (χ1v) is 5.40. The highest BCUT2D eigenvalue weighted by atomic mass is 16.5.